The molecule has 2 heterocycles. The third-order valence-electron chi connectivity index (χ3n) is 8.92. The van der Waals surface area contributed by atoms with Gasteiger partial charge in [0.25, 0.3) is 0 Å². The summed E-state index contributed by atoms with van der Waals surface area (Å²) in [7, 11) is 0. The maximum absolute atomic E-state index is 11.7. The molecule has 1 saturated carbocycles. The molecule has 0 radical (unpaired) electrons. The third-order valence-corrected chi connectivity index (χ3v) is 9.31. The van der Waals surface area contributed by atoms with E-state index in [0.29, 0.717) is 17.1 Å². The van der Waals surface area contributed by atoms with Crippen LogP contribution in [-0.4, -0.2) is 34.2 Å². The average molecular weight is 484 g/mol. The van der Waals surface area contributed by atoms with Gasteiger partial charge in [0.05, 0.1) is 17.0 Å². The lowest BCUT2D eigenvalue weighted by Crippen LogP contribution is -2.53. The van der Waals surface area contributed by atoms with E-state index in [1.165, 1.54) is 31.2 Å². The van der Waals surface area contributed by atoms with Gasteiger partial charge in [-0.05, 0) is 87.3 Å². The second-order valence-electron chi connectivity index (χ2n) is 10.9. The molecule has 0 aromatic heterocycles. The van der Waals surface area contributed by atoms with Crippen molar-refractivity contribution in [1.82, 2.24) is 4.90 Å². The molecule has 0 amide bonds. The zero-order valence-corrected chi connectivity index (χ0v) is 21.3. The molecule has 2 saturated heterocycles. The summed E-state index contributed by atoms with van der Waals surface area (Å²) in [5.41, 5.74) is 1.28. The number of fused-ring (bicyclic) bond motifs is 3. The lowest BCUT2D eigenvalue weighted by Gasteiger charge is -2.51. The highest BCUT2D eigenvalue weighted by Gasteiger charge is 2.42. The molecule has 3 fully saturated rings. The Morgan fingerprint density at radius 3 is 2.44 bits per heavy atom. The zero-order chi connectivity index (χ0) is 23.8. The van der Waals surface area contributed by atoms with E-state index in [4.69, 9.17) is 16.3 Å². The summed E-state index contributed by atoms with van der Waals surface area (Å²) in [6.45, 7) is 4.56. The molecule has 1 N–H and O–H groups in total. The first kappa shape index (κ1) is 23.9. The van der Waals surface area contributed by atoms with Crippen molar-refractivity contribution in [3.05, 3.63) is 40.9 Å². The van der Waals surface area contributed by atoms with E-state index in [9.17, 15) is 9.90 Å². The van der Waals surface area contributed by atoms with Crippen LogP contribution in [0.1, 0.15) is 89.7 Å². The number of halogens is 1. The molecule has 1 aliphatic carbocycles. The number of carboxylic acid groups (broad SMARTS) is 1. The number of ether oxygens (including phenoxy) is 1. The summed E-state index contributed by atoms with van der Waals surface area (Å²) in [6, 6.07) is 11.8. The van der Waals surface area contributed by atoms with Crippen LogP contribution in [-0.2, 0) is 4.79 Å². The van der Waals surface area contributed by atoms with Crippen LogP contribution in [0.4, 0.5) is 0 Å². The molecular formula is C29H38ClNO3. The zero-order valence-electron chi connectivity index (χ0n) is 20.5. The molecular weight excluding hydrogens is 446 g/mol. The molecule has 5 heteroatoms. The van der Waals surface area contributed by atoms with Gasteiger partial charge in [-0.25, -0.2) is 0 Å². The minimum absolute atomic E-state index is 0.190. The second kappa shape index (κ2) is 10.1. The van der Waals surface area contributed by atoms with Gasteiger partial charge in [0, 0.05) is 23.5 Å². The van der Waals surface area contributed by atoms with Crippen molar-refractivity contribution in [2.75, 3.05) is 0 Å². The van der Waals surface area contributed by atoms with Crippen molar-refractivity contribution in [2.45, 2.75) is 102 Å². The fourth-order valence-electron chi connectivity index (χ4n) is 6.90. The van der Waals surface area contributed by atoms with Crippen molar-refractivity contribution in [3.63, 3.8) is 0 Å². The third kappa shape index (κ3) is 4.68. The highest BCUT2D eigenvalue weighted by molar-refractivity contribution is 6.37. The van der Waals surface area contributed by atoms with Gasteiger partial charge in [0.15, 0.2) is 0 Å². The highest BCUT2D eigenvalue weighted by Crippen LogP contribution is 2.43. The van der Waals surface area contributed by atoms with Crippen molar-refractivity contribution >= 4 is 28.3 Å². The molecule has 2 aliphatic heterocycles. The van der Waals surface area contributed by atoms with Crippen LogP contribution < -0.4 is 4.74 Å². The van der Waals surface area contributed by atoms with Gasteiger partial charge in [-0.15, -0.1) is 0 Å². The van der Waals surface area contributed by atoms with Gasteiger partial charge in [-0.1, -0.05) is 49.6 Å². The fraction of sp³-hybridized carbons (Fsp3) is 0.621. The van der Waals surface area contributed by atoms with Crippen molar-refractivity contribution in [2.24, 2.45) is 11.8 Å². The predicted octanol–water partition coefficient (Wildman–Crippen LogP) is 7.62. The minimum atomic E-state index is -0.624. The number of hydrogen-bond donors (Lipinski definition) is 1. The van der Waals surface area contributed by atoms with E-state index < -0.39 is 5.97 Å². The van der Waals surface area contributed by atoms with E-state index in [1.54, 1.807) is 0 Å². The van der Waals surface area contributed by atoms with Crippen LogP contribution in [0.3, 0.4) is 0 Å². The van der Waals surface area contributed by atoms with Crippen LogP contribution in [0.15, 0.2) is 30.3 Å². The molecule has 2 aromatic rings. The number of carbonyl (C=O) groups is 1. The summed E-state index contributed by atoms with van der Waals surface area (Å²) < 4.78 is 6.35. The Morgan fingerprint density at radius 1 is 1.09 bits per heavy atom. The first-order chi connectivity index (χ1) is 16.4. The molecule has 4 nitrogen and oxygen atoms in total. The molecule has 5 rings (SSSR count). The number of piperidine rings is 2. The smallest absolute Gasteiger partial charge is 0.306 e. The lowest BCUT2D eigenvalue weighted by molar-refractivity contribution is -0.147. The van der Waals surface area contributed by atoms with Gasteiger partial charge >= 0.3 is 5.97 Å². The maximum Gasteiger partial charge on any atom is 0.306 e. The van der Waals surface area contributed by atoms with Crippen molar-refractivity contribution in [1.29, 1.82) is 0 Å². The predicted molar refractivity (Wildman–Crippen MR) is 138 cm³/mol. The number of nitrogens with zero attached hydrogens (tertiary/aromatic N) is 1. The maximum atomic E-state index is 11.7. The Hall–Kier alpha value is -1.78. The number of carboxylic acids is 1. The van der Waals surface area contributed by atoms with E-state index in [2.05, 4.69) is 43.0 Å². The van der Waals surface area contributed by atoms with E-state index in [1.807, 2.05) is 6.07 Å². The standard InChI is InChI=1S/C29H38ClNO3/c1-3-19-7-11-25(12-8-19)34-27-14-10-21-15-20(9-13-26(21)28(27)30)18(2)31-23-5-4-6-24(31)17-22(16-23)29(32)33/h9-10,13-15,18-19,22-25H,3-8,11-12,16-17H2,1-2H3,(H,32,33)/t18?,19-,22?,23?,24?,25+. The van der Waals surface area contributed by atoms with Gasteiger partial charge in [-0.2, -0.15) is 0 Å². The van der Waals surface area contributed by atoms with Crippen LogP contribution >= 0.6 is 11.6 Å². The topological polar surface area (TPSA) is 49.8 Å². The monoisotopic (exact) mass is 483 g/mol. The Bertz CT molecular complexity index is 1020. The molecule has 2 bridgehead atoms. The lowest BCUT2D eigenvalue weighted by atomic mass is 9.77. The minimum Gasteiger partial charge on any atom is -0.489 e. The Labute approximate surface area is 208 Å². The normalized spacial score (nSPS) is 30.7. The van der Waals surface area contributed by atoms with E-state index in [0.717, 1.165) is 61.0 Å². The first-order valence-corrected chi connectivity index (χ1v) is 13.7. The van der Waals surface area contributed by atoms with Crippen molar-refractivity contribution in [3.8, 4) is 5.75 Å². The van der Waals surface area contributed by atoms with Crippen LogP contribution in [0.25, 0.3) is 10.8 Å². The van der Waals surface area contributed by atoms with Gasteiger partial charge < -0.3 is 9.84 Å². The summed E-state index contributed by atoms with van der Waals surface area (Å²) in [5.74, 6) is 0.840. The first-order valence-electron chi connectivity index (χ1n) is 13.3. The molecule has 3 aliphatic rings. The molecule has 2 aromatic carbocycles. The van der Waals surface area contributed by atoms with Crippen LogP contribution in [0, 0.1) is 11.8 Å². The summed E-state index contributed by atoms with van der Waals surface area (Å²) in [5, 5.41) is 12.5. The van der Waals surface area contributed by atoms with Gasteiger partial charge in [-0.3, -0.25) is 9.69 Å². The Morgan fingerprint density at radius 2 is 1.79 bits per heavy atom. The Kier molecular flexibility index (Phi) is 7.09. The average Bonchev–Trinajstić information content (AvgIpc) is 2.84. The van der Waals surface area contributed by atoms with E-state index in [-0.39, 0.29) is 18.1 Å². The van der Waals surface area contributed by atoms with Crippen LogP contribution in [0.5, 0.6) is 5.75 Å². The summed E-state index contributed by atoms with van der Waals surface area (Å²) >= 11 is 6.83. The van der Waals surface area contributed by atoms with Crippen molar-refractivity contribution < 1.29 is 14.6 Å². The Balaban J connectivity index is 1.33. The second-order valence-corrected chi connectivity index (χ2v) is 11.3. The number of aliphatic carboxylic acids is 1. The molecule has 0 spiro atoms. The highest BCUT2D eigenvalue weighted by atomic mass is 35.5. The van der Waals surface area contributed by atoms with Gasteiger partial charge in [0.2, 0.25) is 0 Å². The number of benzene rings is 2. The molecule has 3 unspecified atom stereocenters. The summed E-state index contributed by atoms with van der Waals surface area (Å²) in [4.78, 5) is 14.3. The summed E-state index contributed by atoms with van der Waals surface area (Å²) in [6.07, 6.45) is 11.2. The SMILES string of the molecule is CC[C@H]1CC[C@@H](Oc2ccc3cc(C(C)N4C5CCCC4CC(C(=O)O)C5)ccc3c2Cl)CC1. The van der Waals surface area contributed by atoms with Gasteiger partial charge in [0.1, 0.15) is 5.75 Å². The van der Waals surface area contributed by atoms with Crippen LogP contribution in [0.2, 0.25) is 5.02 Å². The molecule has 34 heavy (non-hydrogen) atoms. The largest absolute Gasteiger partial charge is 0.489 e. The number of hydrogen-bond acceptors (Lipinski definition) is 3. The molecule has 3 atom stereocenters. The fourth-order valence-corrected chi connectivity index (χ4v) is 7.18. The quantitative estimate of drug-likeness (QED) is 0.459. The van der Waals surface area contributed by atoms with E-state index >= 15 is 0 Å². The molecule has 184 valence electrons. The number of rotatable bonds is 6.